The predicted molar refractivity (Wildman–Crippen MR) is 74.7 cm³/mol. The van der Waals surface area contributed by atoms with E-state index in [1.165, 1.54) is 13.3 Å². The highest BCUT2D eigenvalue weighted by Gasteiger charge is 2.33. The Bertz CT molecular complexity index is 483. The summed E-state index contributed by atoms with van der Waals surface area (Å²) >= 11 is 3.24. The molecule has 0 aliphatic carbocycles. The van der Waals surface area contributed by atoms with Crippen LogP contribution in [0.15, 0.2) is 22.9 Å². The van der Waals surface area contributed by atoms with E-state index < -0.39 is 17.4 Å². The number of hydrogen-bond donors (Lipinski definition) is 1. The molecule has 1 atom stereocenters. The molecule has 0 bridgehead atoms. The van der Waals surface area contributed by atoms with Gasteiger partial charge >= 0.3 is 5.97 Å². The number of amides is 1. The van der Waals surface area contributed by atoms with Gasteiger partial charge in [0, 0.05) is 16.9 Å². The van der Waals surface area contributed by atoms with Gasteiger partial charge in [0.25, 0.3) is 5.91 Å². The van der Waals surface area contributed by atoms with Gasteiger partial charge in [0.05, 0.1) is 12.7 Å². The van der Waals surface area contributed by atoms with Gasteiger partial charge < -0.3 is 10.1 Å². The quantitative estimate of drug-likeness (QED) is 0.863. The number of hydrogen-bond acceptors (Lipinski definition) is 4. The summed E-state index contributed by atoms with van der Waals surface area (Å²) in [5.41, 5.74) is -0.0603. The normalized spacial score (nSPS) is 12.7. The van der Waals surface area contributed by atoms with Crippen LogP contribution in [0.25, 0.3) is 0 Å². The van der Waals surface area contributed by atoms with Gasteiger partial charge in [0.2, 0.25) is 0 Å². The SMILES string of the molecule is COC(=O)C(NC(=O)c1cncc(Br)c1)C(C)(C)C. The highest BCUT2D eigenvalue weighted by atomic mass is 79.9. The molecule has 0 saturated heterocycles. The van der Waals surface area contributed by atoms with Gasteiger partial charge in [0.1, 0.15) is 6.04 Å². The lowest BCUT2D eigenvalue weighted by atomic mass is 9.86. The Balaban J connectivity index is 2.91. The number of aromatic nitrogens is 1. The third kappa shape index (κ3) is 4.31. The van der Waals surface area contributed by atoms with E-state index in [-0.39, 0.29) is 5.91 Å². The van der Waals surface area contributed by atoms with Crippen LogP contribution in [-0.2, 0) is 9.53 Å². The molecule has 0 spiro atoms. The maximum Gasteiger partial charge on any atom is 0.328 e. The lowest BCUT2D eigenvalue weighted by Crippen LogP contribution is -2.49. The molecule has 1 N–H and O–H groups in total. The molecule has 1 heterocycles. The molecule has 0 saturated carbocycles. The minimum Gasteiger partial charge on any atom is -0.467 e. The van der Waals surface area contributed by atoms with E-state index in [0.29, 0.717) is 10.0 Å². The van der Waals surface area contributed by atoms with E-state index in [9.17, 15) is 9.59 Å². The second-order valence-electron chi connectivity index (χ2n) is 5.19. The Kier molecular flexibility index (Phi) is 5.05. The first-order valence-corrected chi connectivity index (χ1v) is 6.54. The first-order valence-electron chi connectivity index (χ1n) is 5.75. The molecule has 1 aromatic rings. The fraction of sp³-hybridized carbons (Fsp3) is 0.462. The van der Waals surface area contributed by atoms with Crippen LogP contribution in [-0.4, -0.2) is 30.0 Å². The zero-order valence-electron chi connectivity index (χ0n) is 11.4. The Morgan fingerprint density at radius 1 is 1.37 bits per heavy atom. The van der Waals surface area contributed by atoms with E-state index in [1.54, 1.807) is 12.3 Å². The molecule has 0 aliphatic heterocycles. The van der Waals surface area contributed by atoms with Crippen LogP contribution in [0, 0.1) is 5.41 Å². The number of rotatable bonds is 3. The zero-order chi connectivity index (χ0) is 14.6. The average molecular weight is 329 g/mol. The first kappa shape index (κ1) is 15.6. The molecular weight excluding hydrogens is 312 g/mol. The maximum absolute atomic E-state index is 12.1. The summed E-state index contributed by atoms with van der Waals surface area (Å²) < 4.78 is 5.42. The van der Waals surface area contributed by atoms with E-state index in [1.807, 2.05) is 20.8 Å². The third-order valence-corrected chi connectivity index (χ3v) is 2.98. The van der Waals surface area contributed by atoms with Crippen molar-refractivity contribution in [3.8, 4) is 0 Å². The van der Waals surface area contributed by atoms with Crippen LogP contribution >= 0.6 is 15.9 Å². The van der Waals surface area contributed by atoms with E-state index in [2.05, 4.69) is 26.2 Å². The monoisotopic (exact) mass is 328 g/mol. The van der Waals surface area contributed by atoms with Gasteiger partial charge in [-0.05, 0) is 27.4 Å². The summed E-state index contributed by atoms with van der Waals surface area (Å²) in [6.45, 7) is 5.57. The van der Waals surface area contributed by atoms with Gasteiger partial charge in [-0.15, -0.1) is 0 Å². The predicted octanol–water partition coefficient (Wildman–Crippen LogP) is 2.16. The highest BCUT2D eigenvalue weighted by Crippen LogP contribution is 2.21. The molecule has 1 amide bonds. The number of pyridine rings is 1. The Labute approximate surface area is 120 Å². The smallest absolute Gasteiger partial charge is 0.328 e. The van der Waals surface area contributed by atoms with Gasteiger partial charge in [-0.25, -0.2) is 4.79 Å². The summed E-state index contributed by atoms with van der Waals surface area (Å²) in [7, 11) is 1.30. The molecule has 6 heteroatoms. The molecule has 104 valence electrons. The van der Waals surface area contributed by atoms with Gasteiger partial charge in [-0.2, -0.15) is 0 Å². The van der Waals surface area contributed by atoms with Gasteiger partial charge in [0.15, 0.2) is 0 Å². The molecule has 0 fully saturated rings. The molecule has 0 radical (unpaired) electrons. The third-order valence-electron chi connectivity index (χ3n) is 2.55. The molecule has 1 aromatic heterocycles. The largest absolute Gasteiger partial charge is 0.467 e. The van der Waals surface area contributed by atoms with Crippen LogP contribution in [0.2, 0.25) is 0 Å². The van der Waals surface area contributed by atoms with Crippen LogP contribution in [0.1, 0.15) is 31.1 Å². The molecular formula is C13H17BrN2O3. The van der Waals surface area contributed by atoms with Crippen LogP contribution in [0.3, 0.4) is 0 Å². The van der Waals surface area contributed by atoms with Crippen LogP contribution in [0.5, 0.6) is 0 Å². The lowest BCUT2D eigenvalue weighted by Gasteiger charge is -2.28. The topological polar surface area (TPSA) is 68.3 Å². The number of nitrogens with one attached hydrogen (secondary N) is 1. The second-order valence-corrected chi connectivity index (χ2v) is 6.10. The Morgan fingerprint density at radius 2 is 2.00 bits per heavy atom. The second kappa shape index (κ2) is 6.14. The summed E-state index contributed by atoms with van der Waals surface area (Å²) in [6, 6.07) is 0.920. The first-order chi connectivity index (χ1) is 8.75. The van der Waals surface area contributed by atoms with Crippen molar-refractivity contribution >= 4 is 27.8 Å². The number of esters is 1. The molecule has 19 heavy (non-hydrogen) atoms. The minimum atomic E-state index is -0.719. The number of ether oxygens (including phenoxy) is 1. The van der Waals surface area contributed by atoms with E-state index in [0.717, 1.165) is 0 Å². The van der Waals surface area contributed by atoms with Crippen molar-refractivity contribution in [2.75, 3.05) is 7.11 Å². The van der Waals surface area contributed by atoms with Crippen molar-refractivity contribution in [1.29, 1.82) is 0 Å². The lowest BCUT2D eigenvalue weighted by molar-refractivity contribution is -0.145. The Hall–Kier alpha value is -1.43. The molecule has 1 rings (SSSR count). The number of carbonyl (C=O) groups is 2. The van der Waals surface area contributed by atoms with Crippen molar-refractivity contribution in [1.82, 2.24) is 10.3 Å². The highest BCUT2D eigenvalue weighted by molar-refractivity contribution is 9.10. The molecule has 0 aromatic carbocycles. The molecule has 1 unspecified atom stereocenters. The number of halogens is 1. The maximum atomic E-state index is 12.1. The van der Waals surface area contributed by atoms with Crippen molar-refractivity contribution < 1.29 is 14.3 Å². The fourth-order valence-corrected chi connectivity index (χ4v) is 1.86. The standard InChI is InChI=1S/C13H17BrN2O3/c1-13(2,3)10(12(18)19-4)16-11(17)8-5-9(14)7-15-6-8/h5-7,10H,1-4H3,(H,16,17). The van der Waals surface area contributed by atoms with Gasteiger partial charge in [-0.3, -0.25) is 9.78 Å². The average Bonchev–Trinajstić information content (AvgIpc) is 2.33. The molecule has 0 aliphatic rings. The zero-order valence-corrected chi connectivity index (χ0v) is 12.9. The van der Waals surface area contributed by atoms with Gasteiger partial charge in [-0.1, -0.05) is 20.8 Å². The fourth-order valence-electron chi connectivity index (χ4n) is 1.50. The van der Waals surface area contributed by atoms with Crippen LogP contribution in [0.4, 0.5) is 0 Å². The van der Waals surface area contributed by atoms with E-state index >= 15 is 0 Å². The number of nitrogens with zero attached hydrogens (tertiary/aromatic N) is 1. The van der Waals surface area contributed by atoms with Crippen molar-refractivity contribution in [2.45, 2.75) is 26.8 Å². The summed E-state index contributed by atoms with van der Waals surface area (Å²) in [5.74, 6) is -0.831. The van der Waals surface area contributed by atoms with Crippen molar-refractivity contribution in [3.05, 3.63) is 28.5 Å². The summed E-state index contributed by atoms with van der Waals surface area (Å²) in [5, 5.41) is 2.68. The summed E-state index contributed by atoms with van der Waals surface area (Å²) in [6.07, 6.45) is 3.02. The minimum absolute atomic E-state index is 0.362. The van der Waals surface area contributed by atoms with E-state index in [4.69, 9.17) is 4.74 Å². The Morgan fingerprint density at radius 3 is 2.47 bits per heavy atom. The number of carbonyl (C=O) groups excluding carboxylic acids is 2. The summed E-state index contributed by atoms with van der Waals surface area (Å²) in [4.78, 5) is 27.7. The van der Waals surface area contributed by atoms with Crippen molar-refractivity contribution in [2.24, 2.45) is 5.41 Å². The molecule has 5 nitrogen and oxygen atoms in total. The van der Waals surface area contributed by atoms with Crippen LogP contribution < -0.4 is 5.32 Å². The number of methoxy groups -OCH3 is 1. The van der Waals surface area contributed by atoms with Crippen molar-refractivity contribution in [3.63, 3.8) is 0 Å².